The summed E-state index contributed by atoms with van der Waals surface area (Å²) in [6.45, 7) is 1.72. The van der Waals surface area contributed by atoms with Gasteiger partial charge in [0.25, 0.3) is 0 Å². The Morgan fingerprint density at radius 3 is 2.79 bits per heavy atom. The molecular formula is C14H11ClFNS2. The van der Waals surface area contributed by atoms with Gasteiger partial charge < -0.3 is 5.73 Å². The number of hydrogen-bond acceptors (Lipinski definition) is 3. The van der Waals surface area contributed by atoms with Crippen LogP contribution in [0.4, 0.5) is 4.39 Å². The number of hydrogen-bond donors (Lipinski definition) is 1. The molecule has 19 heavy (non-hydrogen) atoms. The molecule has 3 aromatic rings. The maximum Gasteiger partial charge on any atom is 0.127 e. The predicted octanol–water partition coefficient (Wildman–Crippen LogP) is 5.11. The second-order valence-electron chi connectivity index (χ2n) is 4.40. The van der Waals surface area contributed by atoms with Gasteiger partial charge in [0, 0.05) is 19.3 Å². The van der Waals surface area contributed by atoms with E-state index in [9.17, 15) is 4.39 Å². The fourth-order valence-electron chi connectivity index (χ4n) is 2.01. The van der Waals surface area contributed by atoms with Crippen molar-refractivity contribution >= 4 is 43.7 Å². The monoisotopic (exact) mass is 311 g/mol. The smallest absolute Gasteiger partial charge is 0.127 e. The van der Waals surface area contributed by atoms with E-state index in [-0.39, 0.29) is 11.9 Å². The first-order chi connectivity index (χ1) is 9.06. The molecule has 0 radical (unpaired) electrons. The largest absolute Gasteiger partial charge is 0.320 e. The first kappa shape index (κ1) is 13.1. The lowest BCUT2D eigenvalue weighted by Crippen LogP contribution is -2.11. The van der Waals surface area contributed by atoms with Crippen LogP contribution in [0.2, 0.25) is 5.02 Å². The molecule has 1 nitrogen and oxygen atoms in total. The lowest BCUT2D eigenvalue weighted by atomic mass is 10.0. The molecule has 0 aliphatic carbocycles. The first-order valence-corrected chi connectivity index (χ1v) is 7.81. The van der Waals surface area contributed by atoms with Crippen molar-refractivity contribution in [2.75, 3.05) is 0 Å². The van der Waals surface area contributed by atoms with E-state index < -0.39 is 0 Å². The molecule has 2 heterocycles. The number of nitrogens with two attached hydrogens (primary N) is 1. The number of fused-ring (bicyclic) bond motifs is 1. The van der Waals surface area contributed by atoms with E-state index in [0.29, 0.717) is 10.6 Å². The van der Waals surface area contributed by atoms with Gasteiger partial charge in [-0.25, -0.2) is 4.39 Å². The zero-order valence-electron chi connectivity index (χ0n) is 10.1. The van der Waals surface area contributed by atoms with E-state index in [1.807, 2.05) is 0 Å². The van der Waals surface area contributed by atoms with Crippen molar-refractivity contribution in [3.8, 4) is 0 Å². The summed E-state index contributed by atoms with van der Waals surface area (Å²) < 4.78 is 15.9. The van der Waals surface area contributed by atoms with Crippen molar-refractivity contribution in [1.82, 2.24) is 0 Å². The highest BCUT2D eigenvalue weighted by molar-refractivity contribution is 7.27. The van der Waals surface area contributed by atoms with E-state index in [0.717, 1.165) is 10.4 Å². The molecule has 0 aliphatic heterocycles. The molecule has 1 aromatic carbocycles. The summed E-state index contributed by atoms with van der Waals surface area (Å²) in [5, 5.41) is 2.44. The Hall–Kier alpha value is -0.940. The SMILES string of the molecule is Cc1cc(C(N)c2cc3sccc3s2)c(Cl)cc1F. The van der Waals surface area contributed by atoms with E-state index >= 15 is 0 Å². The lowest BCUT2D eigenvalue weighted by Gasteiger charge is -2.13. The predicted molar refractivity (Wildman–Crippen MR) is 81.9 cm³/mol. The van der Waals surface area contributed by atoms with E-state index in [1.54, 1.807) is 35.7 Å². The quantitative estimate of drug-likeness (QED) is 0.699. The van der Waals surface area contributed by atoms with Gasteiger partial charge in [0.05, 0.1) is 6.04 Å². The minimum atomic E-state index is -0.309. The third kappa shape index (κ3) is 2.30. The Labute approximate surface area is 123 Å². The molecule has 0 amide bonds. The highest BCUT2D eigenvalue weighted by atomic mass is 35.5. The molecule has 1 atom stereocenters. The minimum absolute atomic E-state index is 0.298. The summed E-state index contributed by atoms with van der Waals surface area (Å²) in [6, 6.07) is 6.93. The van der Waals surface area contributed by atoms with Crippen LogP contribution in [0.15, 0.2) is 29.6 Å². The maximum atomic E-state index is 13.4. The maximum absolute atomic E-state index is 13.4. The minimum Gasteiger partial charge on any atom is -0.320 e. The van der Waals surface area contributed by atoms with Crippen LogP contribution < -0.4 is 5.73 Å². The molecule has 5 heteroatoms. The molecule has 0 aliphatic rings. The molecule has 1 unspecified atom stereocenters. The van der Waals surface area contributed by atoms with Crippen LogP contribution >= 0.6 is 34.3 Å². The van der Waals surface area contributed by atoms with Gasteiger partial charge in [0.1, 0.15) is 5.82 Å². The summed E-state index contributed by atoms with van der Waals surface area (Å²) >= 11 is 9.46. The van der Waals surface area contributed by atoms with Crippen molar-refractivity contribution in [2.45, 2.75) is 13.0 Å². The summed E-state index contributed by atoms with van der Waals surface area (Å²) in [6.07, 6.45) is 0. The Morgan fingerprint density at radius 2 is 2.05 bits per heavy atom. The van der Waals surface area contributed by atoms with Gasteiger partial charge in [-0.15, -0.1) is 22.7 Å². The van der Waals surface area contributed by atoms with Gasteiger partial charge in [-0.05, 0) is 47.7 Å². The van der Waals surface area contributed by atoms with Crippen LogP contribution in [0.3, 0.4) is 0 Å². The van der Waals surface area contributed by atoms with Crippen molar-refractivity contribution in [2.24, 2.45) is 5.73 Å². The Bertz CT molecular complexity index is 719. The number of thiophene rings is 2. The highest BCUT2D eigenvalue weighted by Gasteiger charge is 2.17. The van der Waals surface area contributed by atoms with Gasteiger partial charge in [-0.3, -0.25) is 0 Å². The highest BCUT2D eigenvalue weighted by Crippen LogP contribution is 2.37. The van der Waals surface area contributed by atoms with Gasteiger partial charge in [-0.2, -0.15) is 0 Å². The van der Waals surface area contributed by atoms with Crippen molar-refractivity contribution < 1.29 is 4.39 Å². The average molecular weight is 312 g/mol. The number of benzene rings is 1. The second-order valence-corrected chi connectivity index (χ2v) is 6.87. The van der Waals surface area contributed by atoms with E-state index in [2.05, 4.69) is 17.5 Å². The van der Waals surface area contributed by atoms with Gasteiger partial charge in [0.15, 0.2) is 0 Å². The molecule has 2 aromatic heterocycles. The number of halogens is 2. The third-order valence-corrected chi connectivity index (χ3v) is 5.58. The third-order valence-electron chi connectivity index (χ3n) is 3.08. The standard InChI is InChI=1S/C14H11ClFNS2/c1-7-4-8(9(15)5-10(7)16)14(17)13-6-12-11(19-13)2-3-18-12/h2-6,14H,17H2,1H3. The summed E-state index contributed by atoms with van der Waals surface area (Å²) in [7, 11) is 0. The Kier molecular flexibility index (Phi) is 3.35. The summed E-state index contributed by atoms with van der Waals surface area (Å²) in [4.78, 5) is 1.05. The summed E-state index contributed by atoms with van der Waals surface area (Å²) in [5.41, 5.74) is 7.60. The van der Waals surface area contributed by atoms with Gasteiger partial charge in [0.2, 0.25) is 0 Å². The van der Waals surface area contributed by atoms with Crippen LogP contribution in [0.5, 0.6) is 0 Å². The van der Waals surface area contributed by atoms with Crippen molar-refractivity contribution in [1.29, 1.82) is 0 Å². The fourth-order valence-corrected chi connectivity index (χ4v) is 4.42. The molecule has 0 bridgehead atoms. The molecule has 0 spiro atoms. The van der Waals surface area contributed by atoms with E-state index in [1.165, 1.54) is 15.5 Å². The zero-order valence-corrected chi connectivity index (χ0v) is 12.5. The van der Waals surface area contributed by atoms with Crippen LogP contribution in [0.25, 0.3) is 9.40 Å². The van der Waals surface area contributed by atoms with Crippen LogP contribution in [0.1, 0.15) is 22.0 Å². The number of rotatable bonds is 2. The van der Waals surface area contributed by atoms with Crippen LogP contribution in [-0.2, 0) is 0 Å². The Morgan fingerprint density at radius 1 is 1.26 bits per heavy atom. The first-order valence-electron chi connectivity index (χ1n) is 5.74. The van der Waals surface area contributed by atoms with Gasteiger partial charge >= 0.3 is 0 Å². The lowest BCUT2D eigenvalue weighted by molar-refractivity contribution is 0.617. The molecular weight excluding hydrogens is 301 g/mol. The number of aryl methyl sites for hydroxylation is 1. The van der Waals surface area contributed by atoms with Gasteiger partial charge in [-0.1, -0.05) is 11.6 Å². The molecule has 0 fully saturated rings. The average Bonchev–Trinajstić information content (AvgIpc) is 2.93. The molecule has 98 valence electrons. The van der Waals surface area contributed by atoms with E-state index in [4.69, 9.17) is 17.3 Å². The second kappa shape index (κ2) is 4.87. The van der Waals surface area contributed by atoms with Crippen molar-refractivity contribution in [3.05, 3.63) is 56.5 Å². The normalized spacial score (nSPS) is 13.1. The molecule has 0 saturated carbocycles. The summed E-state index contributed by atoms with van der Waals surface area (Å²) in [5.74, 6) is -0.298. The van der Waals surface area contributed by atoms with Crippen LogP contribution in [-0.4, -0.2) is 0 Å². The fraction of sp³-hybridized carbons (Fsp3) is 0.143. The Balaban J connectivity index is 2.06. The zero-order chi connectivity index (χ0) is 13.6. The molecule has 2 N–H and O–H groups in total. The van der Waals surface area contributed by atoms with Crippen LogP contribution in [0, 0.1) is 12.7 Å². The van der Waals surface area contributed by atoms with Crippen molar-refractivity contribution in [3.63, 3.8) is 0 Å². The topological polar surface area (TPSA) is 26.0 Å². The molecule has 3 rings (SSSR count). The molecule has 0 saturated heterocycles.